The highest BCUT2D eigenvalue weighted by molar-refractivity contribution is 9.10. The van der Waals surface area contributed by atoms with E-state index >= 15 is 0 Å². The maximum atomic E-state index is 8.92. The molecule has 0 saturated heterocycles. The van der Waals surface area contributed by atoms with Crippen molar-refractivity contribution in [1.82, 2.24) is 9.38 Å². The molecule has 0 bridgehead atoms. The van der Waals surface area contributed by atoms with Crippen LogP contribution >= 0.6 is 15.9 Å². The lowest BCUT2D eigenvalue weighted by molar-refractivity contribution is 0.296. The van der Waals surface area contributed by atoms with Crippen LogP contribution in [0.25, 0.3) is 5.52 Å². The van der Waals surface area contributed by atoms with Crippen LogP contribution in [-0.4, -0.2) is 28.2 Å². The Balaban J connectivity index is 2.68. The molecule has 15 heavy (non-hydrogen) atoms. The lowest BCUT2D eigenvalue weighted by Crippen LogP contribution is -1.98. The molecule has 0 aliphatic carbocycles. The zero-order valence-corrected chi connectivity index (χ0v) is 9.86. The Kier molecular flexibility index (Phi) is 2.93. The molecule has 2 rings (SSSR count). The molecule has 4 nitrogen and oxygen atoms in total. The average molecular weight is 271 g/mol. The van der Waals surface area contributed by atoms with Crippen LogP contribution in [0.5, 0.6) is 5.75 Å². The Morgan fingerprint density at radius 2 is 2.40 bits per heavy atom. The van der Waals surface area contributed by atoms with Crippen LogP contribution in [0, 0.1) is 0 Å². The van der Waals surface area contributed by atoms with Crippen molar-refractivity contribution in [3.63, 3.8) is 0 Å². The minimum absolute atomic E-state index is 0.0861. The summed E-state index contributed by atoms with van der Waals surface area (Å²) in [5.74, 6) is 1.58. The minimum Gasteiger partial charge on any atom is -0.494 e. The first-order chi connectivity index (χ1) is 7.27. The van der Waals surface area contributed by atoms with Gasteiger partial charge in [-0.25, -0.2) is 4.98 Å². The normalized spacial score (nSPS) is 10.9. The van der Waals surface area contributed by atoms with E-state index in [9.17, 15) is 0 Å². The third kappa shape index (κ3) is 1.72. The topological polar surface area (TPSA) is 46.8 Å². The smallest absolute Gasteiger partial charge is 0.145 e. The van der Waals surface area contributed by atoms with Crippen LogP contribution in [0.1, 0.15) is 5.82 Å². The van der Waals surface area contributed by atoms with E-state index in [-0.39, 0.29) is 6.61 Å². The molecule has 0 fully saturated rings. The SMILES string of the molecule is COc1cccn2c(CCO)nc(Br)c12. The third-order valence-electron chi connectivity index (χ3n) is 2.21. The number of hydrogen-bond acceptors (Lipinski definition) is 3. The molecule has 2 heterocycles. The molecule has 0 saturated carbocycles. The largest absolute Gasteiger partial charge is 0.494 e. The van der Waals surface area contributed by atoms with Gasteiger partial charge in [-0.3, -0.25) is 4.40 Å². The Morgan fingerprint density at radius 3 is 3.07 bits per heavy atom. The molecule has 0 aliphatic heterocycles. The molecule has 0 amide bonds. The van der Waals surface area contributed by atoms with Crippen molar-refractivity contribution in [3.05, 3.63) is 28.8 Å². The fourth-order valence-electron chi connectivity index (χ4n) is 1.57. The highest BCUT2D eigenvalue weighted by Crippen LogP contribution is 2.27. The van der Waals surface area contributed by atoms with Gasteiger partial charge in [0.05, 0.1) is 13.7 Å². The van der Waals surface area contributed by atoms with Crippen molar-refractivity contribution in [2.24, 2.45) is 0 Å². The number of nitrogens with zero attached hydrogens (tertiary/aromatic N) is 2. The maximum Gasteiger partial charge on any atom is 0.145 e. The predicted octanol–water partition coefficient (Wildman–Crippen LogP) is 1.64. The molecule has 0 aromatic carbocycles. The van der Waals surface area contributed by atoms with Crippen molar-refractivity contribution >= 4 is 21.4 Å². The Morgan fingerprint density at radius 1 is 1.60 bits per heavy atom. The monoisotopic (exact) mass is 270 g/mol. The van der Waals surface area contributed by atoms with E-state index < -0.39 is 0 Å². The van der Waals surface area contributed by atoms with Crippen LogP contribution in [0.2, 0.25) is 0 Å². The van der Waals surface area contributed by atoms with Gasteiger partial charge in [0.25, 0.3) is 0 Å². The zero-order valence-electron chi connectivity index (χ0n) is 8.27. The third-order valence-corrected chi connectivity index (χ3v) is 2.77. The van der Waals surface area contributed by atoms with Gasteiger partial charge in [-0.1, -0.05) is 0 Å². The van der Waals surface area contributed by atoms with Gasteiger partial charge in [-0.05, 0) is 28.1 Å². The molecule has 0 atom stereocenters. The number of aromatic nitrogens is 2. The number of ether oxygens (including phenoxy) is 1. The molecule has 0 spiro atoms. The molecule has 0 aliphatic rings. The van der Waals surface area contributed by atoms with Crippen LogP contribution < -0.4 is 4.74 Å². The summed E-state index contributed by atoms with van der Waals surface area (Å²) in [5.41, 5.74) is 0.892. The summed E-state index contributed by atoms with van der Waals surface area (Å²) in [6.45, 7) is 0.0861. The summed E-state index contributed by atoms with van der Waals surface area (Å²) < 4.78 is 7.90. The van der Waals surface area contributed by atoms with E-state index in [1.54, 1.807) is 7.11 Å². The Bertz CT molecular complexity index is 481. The van der Waals surface area contributed by atoms with Crippen molar-refractivity contribution in [3.8, 4) is 5.75 Å². The van der Waals surface area contributed by atoms with Crippen molar-refractivity contribution in [2.45, 2.75) is 6.42 Å². The first-order valence-corrected chi connectivity index (χ1v) is 5.37. The van der Waals surface area contributed by atoms with Gasteiger partial charge in [-0.2, -0.15) is 0 Å². The number of aliphatic hydroxyl groups is 1. The first-order valence-electron chi connectivity index (χ1n) is 4.58. The highest BCUT2D eigenvalue weighted by atomic mass is 79.9. The van der Waals surface area contributed by atoms with Crippen molar-refractivity contribution in [2.75, 3.05) is 13.7 Å². The molecular formula is C10H11BrN2O2. The number of rotatable bonds is 3. The fraction of sp³-hybridized carbons (Fsp3) is 0.300. The second-order valence-electron chi connectivity index (χ2n) is 3.09. The van der Waals surface area contributed by atoms with Gasteiger partial charge in [0.1, 0.15) is 21.7 Å². The predicted molar refractivity (Wildman–Crippen MR) is 60.2 cm³/mol. The summed E-state index contributed by atoms with van der Waals surface area (Å²) in [6, 6.07) is 3.77. The molecule has 0 radical (unpaired) electrons. The highest BCUT2D eigenvalue weighted by Gasteiger charge is 2.12. The Hall–Kier alpha value is -1.07. The summed E-state index contributed by atoms with van der Waals surface area (Å²) in [6.07, 6.45) is 2.43. The van der Waals surface area contributed by atoms with Crippen LogP contribution in [-0.2, 0) is 6.42 Å². The quantitative estimate of drug-likeness (QED) is 0.923. The van der Waals surface area contributed by atoms with E-state index in [0.29, 0.717) is 6.42 Å². The summed E-state index contributed by atoms with van der Waals surface area (Å²) in [5, 5.41) is 8.92. The van der Waals surface area contributed by atoms with E-state index in [4.69, 9.17) is 9.84 Å². The second kappa shape index (κ2) is 4.20. The van der Waals surface area contributed by atoms with Crippen LogP contribution in [0.15, 0.2) is 22.9 Å². The van der Waals surface area contributed by atoms with Crippen LogP contribution in [0.4, 0.5) is 0 Å². The van der Waals surface area contributed by atoms with E-state index in [0.717, 1.165) is 21.7 Å². The van der Waals surface area contributed by atoms with Crippen molar-refractivity contribution < 1.29 is 9.84 Å². The lowest BCUT2D eigenvalue weighted by atomic mass is 10.4. The first kappa shape index (κ1) is 10.4. The van der Waals surface area contributed by atoms with Gasteiger partial charge in [0, 0.05) is 12.6 Å². The number of pyridine rings is 1. The maximum absolute atomic E-state index is 8.92. The number of hydrogen-bond donors (Lipinski definition) is 1. The van der Waals surface area contributed by atoms with E-state index in [2.05, 4.69) is 20.9 Å². The number of methoxy groups -OCH3 is 1. The lowest BCUT2D eigenvalue weighted by Gasteiger charge is -2.03. The molecule has 80 valence electrons. The minimum atomic E-state index is 0.0861. The van der Waals surface area contributed by atoms with Gasteiger partial charge in [-0.15, -0.1) is 0 Å². The number of halogens is 1. The fourth-order valence-corrected chi connectivity index (χ4v) is 2.16. The molecule has 2 aromatic heterocycles. The molecule has 5 heteroatoms. The zero-order chi connectivity index (χ0) is 10.8. The van der Waals surface area contributed by atoms with E-state index in [1.165, 1.54) is 0 Å². The number of imidazole rings is 1. The summed E-state index contributed by atoms with van der Waals surface area (Å²) >= 11 is 3.39. The van der Waals surface area contributed by atoms with Gasteiger partial charge in [0.15, 0.2) is 0 Å². The van der Waals surface area contributed by atoms with Gasteiger partial charge in [0.2, 0.25) is 0 Å². The van der Waals surface area contributed by atoms with Gasteiger partial charge >= 0.3 is 0 Å². The number of fused-ring (bicyclic) bond motifs is 1. The average Bonchev–Trinajstić information content (AvgIpc) is 2.57. The molecule has 2 aromatic rings. The Labute approximate surface area is 95.6 Å². The second-order valence-corrected chi connectivity index (χ2v) is 3.84. The van der Waals surface area contributed by atoms with Crippen molar-refractivity contribution in [1.29, 1.82) is 0 Å². The standard InChI is InChI=1S/C10H11BrN2O2/c1-15-7-3-2-5-13-8(4-6-14)12-10(11)9(7)13/h2-3,5,14H,4,6H2,1H3. The summed E-state index contributed by atoms with van der Waals surface area (Å²) in [4.78, 5) is 4.33. The summed E-state index contributed by atoms with van der Waals surface area (Å²) in [7, 11) is 1.63. The van der Waals surface area contributed by atoms with E-state index in [1.807, 2.05) is 22.7 Å². The number of aliphatic hydroxyl groups excluding tert-OH is 1. The van der Waals surface area contributed by atoms with Gasteiger partial charge < -0.3 is 9.84 Å². The molecular weight excluding hydrogens is 260 g/mol. The molecule has 0 unspecified atom stereocenters. The molecule has 1 N–H and O–H groups in total. The van der Waals surface area contributed by atoms with Crippen LogP contribution in [0.3, 0.4) is 0 Å².